The van der Waals surface area contributed by atoms with Gasteiger partial charge in [-0.05, 0) is 16.7 Å². The van der Waals surface area contributed by atoms with Crippen LogP contribution < -0.4 is 11.3 Å². The summed E-state index contributed by atoms with van der Waals surface area (Å²) in [6.07, 6.45) is 0. The molecule has 1 aliphatic rings. The third-order valence-electron chi connectivity index (χ3n) is 3.52. The normalized spacial score (nSPS) is 17.2. The molecule has 0 amide bonds. The monoisotopic (exact) mass is 240 g/mol. The van der Waals surface area contributed by atoms with Crippen LogP contribution in [0.1, 0.15) is 5.56 Å². The van der Waals surface area contributed by atoms with E-state index in [4.69, 9.17) is 10.6 Å². The van der Waals surface area contributed by atoms with Gasteiger partial charge in [0.2, 0.25) is 0 Å². The van der Waals surface area contributed by atoms with Crippen LogP contribution in [0.3, 0.4) is 0 Å². The summed E-state index contributed by atoms with van der Waals surface area (Å²) >= 11 is 0. The number of ether oxygens (including phenoxy) is 1. The molecule has 1 fully saturated rings. The van der Waals surface area contributed by atoms with Crippen LogP contribution in [0.25, 0.3) is 11.1 Å². The highest BCUT2D eigenvalue weighted by Gasteiger charge is 2.39. The van der Waals surface area contributed by atoms with Crippen molar-refractivity contribution in [1.82, 2.24) is 5.43 Å². The quantitative estimate of drug-likeness (QED) is 0.637. The molecule has 2 aromatic carbocycles. The number of nitrogens with two attached hydrogens (primary N) is 1. The number of hydrogen-bond donors (Lipinski definition) is 2. The molecular formula is C15H16N2O. The van der Waals surface area contributed by atoms with Gasteiger partial charge in [0.1, 0.15) is 5.54 Å². The van der Waals surface area contributed by atoms with Crippen molar-refractivity contribution in [3.8, 4) is 11.1 Å². The molecule has 3 nitrogen and oxygen atoms in total. The van der Waals surface area contributed by atoms with Crippen molar-refractivity contribution in [3.63, 3.8) is 0 Å². The molecule has 3 heteroatoms. The van der Waals surface area contributed by atoms with Gasteiger partial charge in [-0.2, -0.15) is 0 Å². The third-order valence-corrected chi connectivity index (χ3v) is 3.52. The van der Waals surface area contributed by atoms with Crippen molar-refractivity contribution in [1.29, 1.82) is 0 Å². The van der Waals surface area contributed by atoms with Crippen LogP contribution in [0.4, 0.5) is 0 Å². The zero-order valence-electron chi connectivity index (χ0n) is 10.1. The molecule has 0 unspecified atom stereocenters. The van der Waals surface area contributed by atoms with Crippen molar-refractivity contribution in [2.45, 2.75) is 5.54 Å². The minimum absolute atomic E-state index is 0.199. The Bertz CT molecular complexity index is 512. The first-order chi connectivity index (χ1) is 8.84. The molecule has 92 valence electrons. The van der Waals surface area contributed by atoms with Gasteiger partial charge in [0.05, 0.1) is 13.2 Å². The van der Waals surface area contributed by atoms with Crippen LogP contribution in [0.15, 0.2) is 54.6 Å². The van der Waals surface area contributed by atoms with Crippen LogP contribution in [-0.2, 0) is 10.3 Å². The molecule has 1 saturated heterocycles. The van der Waals surface area contributed by atoms with E-state index in [1.807, 2.05) is 18.2 Å². The maximum atomic E-state index is 5.62. The Balaban J connectivity index is 1.90. The van der Waals surface area contributed by atoms with E-state index in [0.29, 0.717) is 13.2 Å². The summed E-state index contributed by atoms with van der Waals surface area (Å²) in [4.78, 5) is 0. The molecule has 0 bridgehead atoms. The first-order valence-corrected chi connectivity index (χ1v) is 6.06. The molecule has 0 aromatic heterocycles. The van der Waals surface area contributed by atoms with Crippen LogP contribution in [0.2, 0.25) is 0 Å². The minimum Gasteiger partial charge on any atom is -0.377 e. The standard InChI is InChI=1S/C15H16N2O/c16-17-15(10-18-11-15)14-8-6-13(7-9-14)12-4-2-1-3-5-12/h1-9,17H,10-11,16H2. The van der Waals surface area contributed by atoms with Gasteiger partial charge in [0.25, 0.3) is 0 Å². The topological polar surface area (TPSA) is 47.3 Å². The van der Waals surface area contributed by atoms with E-state index in [2.05, 4.69) is 41.8 Å². The summed E-state index contributed by atoms with van der Waals surface area (Å²) in [6.45, 7) is 1.27. The van der Waals surface area contributed by atoms with Crippen LogP contribution >= 0.6 is 0 Å². The minimum atomic E-state index is -0.199. The van der Waals surface area contributed by atoms with E-state index < -0.39 is 0 Å². The Morgan fingerprint density at radius 2 is 1.50 bits per heavy atom. The largest absolute Gasteiger partial charge is 0.377 e. The van der Waals surface area contributed by atoms with Crippen LogP contribution in [0.5, 0.6) is 0 Å². The number of rotatable bonds is 3. The molecule has 0 atom stereocenters. The van der Waals surface area contributed by atoms with Gasteiger partial charge in [-0.1, -0.05) is 54.6 Å². The van der Waals surface area contributed by atoms with Crippen molar-refractivity contribution in [3.05, 3.63) is 60.2 Å². The lowest BCUT2D eigenvalue weighted by atomic mass is 9.88. The van der Waals surface area contributed by atoms with Gasteiger partial charge in [-0.25, -0.2) is 5.43 Å². The maximum absolute atomic E-state index is 5.62. The fourth-order valence-electron chi connectivity index (χ4n) is 2.25. The van der Waals surface area contributed by atoms with E-state index >= 15 is 0 Å². The Hall–Kier alpha value is -1.68. The lowest BCUT2D eigenvalue weighted by Gasteiger charge is -2.41. The molecule has 0 spiro atoms. The van der Waals surface area contributed by atoms with Crippen molar-refractivity contribution < 1.29 is 4.74 Å². The van der Waals surface area contributed by atoms with Gasteiger partial charge >= 0.3 is 0 Å². The van der Waals surface area contributed by atoms with Crippen molar-refractivity contribution in [2.75, 3.05) is 13.2 Å². The summed E-state index contributed by atoms with van der Waals surface area (Å²) in [5, 5.41) is 0. The summed E-state index contributed by atoms with van der Waals surface area (Å²) in [7, 11) is 0. The zero-order chi connectivity index (χ0) is 12.4. The molecule has 3 rings (SSSR count). The second-order valence-corrected chi connectivity index (χ2v) is 4.66. The van der Waals surface area contributed by atoms with E-state index in [1.165, 1.54) is 16.7 Å². The number of hydrogen-bond acceptors (Lipinski definition) is 3. The molecule has 18 heavy (non-hydrogen) atoms. The average Bonchev–Trinajstić information content (AvgIpc) is 2.40. The smallest absolute Gasteiger partial charge is 0.103 e. The maximum Gasteiger partial charge on any atom is 0.103 e. The highest BCUT2D eigenvalue weighted by Crippen LogP contribution is 2.30. The van der Waals surface area contributed by atoms with Crippen molar-refractivity contribution in [2.24, 2.45) is 5.84 Å². The fraction of sp³-hybridized carbons (Fsp3) is 0.200. The van der Waals surface area contributed by atoms with E-state index in [1.54, 1.807) is 0 Å². The second kappa shape index (κ2) is 4.53. The first kappa shape index (κ1) is 11.4. The molecule has 0 saturated carbocycles. The Kier molecular flexibility index (Phi) is 2.88. The molecule has 1 aliphatic heterocycles. The summed E-state index contributed by atoms with van der Waals surface area (Å²) in [6, 6.07) is 18.8. The van der Waals surface area contributed by atoms with Crippen LogP contribution in [-0.4, -0.2) is 13.2 Å². The van der Waals surface area contributed by atoms with Gasteiger partial charge in [0, 0.05) is 0 Å². The van der Waals surface area contributed by atoms with Gasteiger partial charge in [-0.15, -0.1) is 0 Å². The van der Waals surface area contributed by atoms with E-state index in [0.717, 1.165) is 0 Å². The number of nitrogens with one attached hydrogen (secondary N) is 1. The second-order valence-electron chi connectivity index (χ2n) is 4.66. The highest BCUT2D eigenvalue weighted by molar-refractivity contribution is 5.63. The van der Waals surface area contributed by atoms with Gasteiger partial charge < -0.3 is 4.74 Å². The Labute approximate surface area is 107 Å². The molecular weight excluding hydrogens is 224 g/mol. The molecule has 2 aromatic rings. The fourth-order valence-corrected chi connectivity index (χ4v) is 2.25. The Morgan fingerprint density at radius 1 is 0.889 bits per heavy atom. The number of hydrazine groups is 1. The lowest BCUT2D eigenvalue weighted by molar-refractivity contribution is -0.0786. The van der Waals surface area contributed by atoms with Gasteiger partial charge in [0.15, 0.2) is 0 Å². The van der Waals surface area contributed by atoms with Crippen molar-refractivity contribution >= 4 is 0 Å². The summed E-state index contributed by atoms with van der Waals surface area (Å²) in [5.41, 5.74) is 6.28. The molecule has 0 aliphatic carbocycles. The van der Waals surface area contributed by atoms with E-state index in [9.17, 15) is 0 Å². The molecule has 3 N–H and O–H groups in total. The zero-order valence-corrected chi connectivity index (χ0v) is 10.1. The third kappa shape index (κ3) is 1.82. The molecule has 1 heterocycles. The SMILES string of the molecule is NNC1(c2ccc(-c3ccccc3)cc2)COC1. The molecule has 0 radical (unpaired) electrons. The van der Waals surface area contributed by atoms with Gasteiger partial charge in [-0.3, -0.25) is 5.84 Å². The predicted octanol–water partition coefficient (Wildman–Crippen LogP) is 2.04. The summed E-state index contributed by atoms with van der Waals surface area (Å²) in [5.74, 6) is 5.62. The average molecular weight is 240 g/mol. The first-order valence-electron chi connectivity index (χ1n) is 6.06. The van der Waals surface area contributed by atoms with Crippen LogP contribution in [0, 0.1) is 0 Å². The number of benzene rings is 2. The predicted molar refractivity (Wildman–Crippen MR) is 71.7 cm³/mol. The highest BCUT2D eigenvalue weighted by atomic mass is 16.5. The Morgan fingerprint density at radius 3 is 2.00 bits per heavy atom. The lowest BCUT2D eigenvalue weighted by Crippen LogP contribution is -2.60. The van der Waals surface area contributed by atoms with E-state index in [-0.39, 0.29) is 5.54 Å². The summed E-state index contributed by atoms with van der Waals surface area (Å²) < 4.78 is 5.26.